The van der Waals surface area contributed by atoms with E-state index in [4.69, 9.17) is 21.6 Å². The highest BCUT2D eigenvalue weighted by Crippen LogP contribution is 2.22. The number of hydrogen-bond donors (Lipinski definition) is 1. The van der Waals surface area contributed by atoms with Crippen molar-refractivity contribution in [3.8, 4) is 11.8 Å². The molecule has 0 aromatic heterocycles. The Balaban J connectivity index is 2.02. The van der Waals surface area contributed by atoms with Crippen LogP contribution in [-0.4, -0.2) is 12.0 Å². The van der Waals surface area contributed by atoms with Gasteiger partial charge in [-0.2, -0.15) is 5.26 Å². The summed E-state index contributed by atoms with van der Waals surface area (Å²) in [6, 6.07) is 12.4. The van der Waals surface area contributed by atoms with Crippen molar-refractivity contribution in [1.82, 2.24) is 0 Å². The van der Waals surface area contributed by atoms with Gasteiger partial charge in [0.25, 0.3) is 5.91 Å². The molecule has 1 amide bonds. The van der Waals surface area contributed by atoms with Crippen LogP contribution in [0.1, 0.15) is 12.5 Å². The van der Waals surface area contributed by atoms with Crippen molar-refractivity contribution in [2.24, 2.45) is 0 Å². The summed E-state index contributed by atoms with van der Waals surface area (Å²) < 4.78 is 18.5. The van der Waals surface area contributed by atoms with E-state index in [0.717, 1.165) is 0 Å². The molecule has 0 radical (unpaired) electrons. The number of carbonyl (C=O) groups excluding carboxylic acids is 1. The number of rotatable bonds is 4. The molecule has 0 aliphatic heterocycles. The van der Waals surface area contributed by atoms with Gasteiger partial charge in [-0.3, -0.25) is 4.79 Å². The van der Waals surface area contributed by atoms with E-state index in [0.29, 0.717) is 17.0 Å². The Hall–Kier alpha value is -2.58. The van der Waals surface area contributed by atoms with E-state index < -0.39 is 17.8 Å². The smallest absolute Gasteiger partial charge is 0.265 e. The molecule has 2 rings (SSSR count). The van der Waals surface area contributed by atoms with Gasteiger partial charge in [0.15, 0.2) is 6.10 Å². The first-order valence-corrected chi connectivity index (χ1v) is 6.80. The van der Waals surface area contributed by atoms with E-state index >= 15 is 0 Å². The highest BCUT2D eigenvalue weighted by atomic mass is 35.5. The summed E-state index contributed by atoms with van der Waals surface area (Å²) in [6.07, 6.45) is -0.813. The Labute approximate surface area is 132 Å². The van der Waals surface area contributed by atoms with E-state index in [2.05, 4.69) is 5.32 Å². The van der Waals surface area contributed by atoms with Gasteiger partial charge in [0.1, 0.15) is 11.6 Å². The maximum absolute atomic E-state index is 13.1. The predicted molar refractivity (Wildman–Crippen MR) is 81.3 cm³/mol. The third-order valence-electron chi connectivity index (χ3n) is 2.83. The monoisotopic (exact) mass is 318 g/mol. The molecule has 1 N–H and O–H groups in total. The number of carbonyl (C=O) groups is 1. The number of nitrogens with one attached hydrogen (secondary N) is 1. The molecule has 0 saturated carbocycles. The van der Waals surface area contributed by atoms with Crippen LogP contribution in [0.2, 0.25) is 5.02 Å². The minimum Gasteiger partial charge on any atom is -0.481 e. The van der Waals surface area contributed by atoms with E-state index in [1.165, 1.54) is 18.2 Å². The number of ether oxygens (including phenoxy) is 1. The first kappa shape index (κ1) is 15.8. The standard InChI is InChI=1S/C16H12ClFN2O2/c1-10(22-13-5-6-15(18)14(17)8-13)16(21)20-12-4-2-3-11(7-12)9-19/h2-8,10H,1H3,(H,20,21). The van der Waals surface area contributed by atoms with Gasteiger partial charge in [0, 0.05) is 11.8 Å². The summed E-state index contributed by atoms with van der Waals surface area (Å²) in [5, 5.41) is 11.4. The Bertz CT molecular complexity index is 743. The van der Waals surface area contributed by atoms with E-state index in [9.17, 15) is 9.18 Å². The summed E-state index contributed by atoms with van der Waals surface area (Å²) in [7, 11) is 0. The predicted octanol–water partition coefficient (Wildman–Crippen LogP) is 3.76. The number of benzene rings is 2. The van der Waals surface area contributed by atoms with Crippen LogP contribution in [0, 0.1) is 17.1 Å². The van der Waals surface area contributed by atoms with Crippen LogP contribution in [0.15, 0.2) is 42.5 Å². The van der Waals surface area contributed by atoms with Gasteiger partial charge >= 0.3 is 0 Å². The zero-order valence-corrected chi connectivity index (χ0v) is 12.4. The van der Waals surface area contributed by atoms with Gasteiger partial charge in [0.05, 0.1) is 16.7 Å². The Morgan fingerprint density at radius 1 is 1.36 bits per heavy atom. The highest BCUT2D eigenvalue weighted by Gasteiger charge is 2.15. The summed E-state index contributed by atoms with van der Waals surface area (Å²) >= 11 is 5.65. The lowest BCUT2D eigenvalue weighted by molar-refractivity contribution is -0.122. The number of amides is 1. The lowest BCUT2D eigenvalue weighted by atomic mass is 10.2. The number of hydrogen-bond acceptors (Lipinski definition) is 3. The average Bonchev–Trinajstić information content (AvgIpc) is 2.51. The highest BCUT2D eigenvalue weighted by molar-refractivity contribution is 6.30. The fourth-order valence-electron chi connectivity index (χ4n) is 1.72. The number of halogens is 2. The van der Waals surface area contributed by atoms with Crippen LogP contribution >= 0.6 is 11.6 Å². The van der Waals surface area contributed by atoms with Gasteiger partial charge in [-0.25, -0.2) is 4.39 Å². The second kappa shape index (κ2) is 6.92. The second-order valence-corrected chi connectivity index (χ2v) is 4.93. The van der Waals surface area contributed by atoms with E-state index in [1.54, 1.807) is 31.2 Å². The largest absolute Gasteiger partial charge is 0.481 e. The molecule has 2 aromatic carbocycles. The molecule has 4 nitrogen and oxygen atoms in total. The van der Waals surface area contributed by atoms with Crippen LogP contribution in [0.3, 0.4) is 0 Å². The van der Waals surface area contributed by atoms with Crippen molar-refractivity contribution >= 4 is 23.2 Å². The molecule has 112 valence electrons. The lowest BCUT2D eigenvalue weighted by Crippen LogP contribution is -2.30. The van der Waals surface area contributed by atoms with Crippen molar-refractivity contribution < 1.29 is 13.9 Å². The molecule has 0 fully saturated rings. The number of anilines is 1. The molecule has 1 unspecified atom stereocenters. The van der Waals surface area contributed by atoms with Crippen molar-refractivity contribution in [3.05, 3.63) is 58.9 Å². The molecular formula is C16H12ClFN2O2. The maximum atomic E-state index is 13.1. The Morgan fingerprint density at radius 3 is 2.82 bits per heavy atom. The first-order valence-electron chi connectivity index (χ1n) is 6.42. The normalized spacial score (nSPS) is 11.4. The molecule has 2 aromatic rings. The molecule has 0 heterocycles. The molecule has 0 bridgehead atoms. The molecule has 0 spiro atoms. The van der Waals surface area contributed by atoms with Gasteiger partial charge in [-0.05, 0) is 37.3 Å². The summed E-state index contributed by atoms with van der Waals surface area (Å²) in [6.45, 7) is 1.56. The average molecular weight is 319 g/mol. The third kappa shape index (κ3) is 3.96. The first-order chi connectivity index (χ1) is 10.5. The van der Waals surface area contributed by atoms with Crippen LogP contribution in [0.4, 0.5) is 10.1 Å². The van der Waals surface area contributed by atoms with Crippen molar-refractivity contribution in [2.75, 3.05) is 5.32 Å². The molecule has 1 atom stereocenters. The van der Waals surface area contributed by atoms with Crippen LogP contribution in [0.25, 0.3) is 0 Å². The van der Waals surface area contributed by atoms with Crippen molar-refractivity contribution in [3.63, 3.8) is 0 Å². The van der Waals surface area contributed by atoms with Gasteiger partial charge in [-0.15, -0.1) is 0 Å². The lowest BCUT2D eigenvalue weighted by Gasteiger charge is -2.15. The molecular weight excluding hydrogens is 307 g/mol. The van der Waals surface area contributed by atoms with E-state index in [1.807, 2.05) is 6.07 Å². The Kier molecular flexibility index (Phi) is 4.97. The van der Waals surface area contributed by atoms with Crippen molar-refractivity contribution in [1.29, 1.82) is 5.26 Å². The minimum atomic E-state index is -0.813. The summed E-state index contributed by atoms with van der Waals surface area (Å²) in [5.74, 6) is -0.658. The van der Waals surface area contributed by atoms with Gasteiger partial charge < -0.3 is 10.1 Å². The fourth-order valence-corrected chi connectivity index (χ4v) is 1.89. The zero-order valence-electron chi connectivity index (χ0n) is 11.6. The summed E-state index contributed by atoms with van der Waals surface area (Å²) in [5.41, 5.74) is 0.938. The maximum Gasteiger partial charge on any atom is 0.265 e. The van der Waals surface area contributed by atoms with E-state index in [-0.39, 0.29) is 5.02 Å². The molecule has 6 heteroatoms. The third-order valence-corrected chi connectivity index (χ3v) is 3.12. The molecule has 22 heavy (non-hydrogen) atoms. The topological polar surface area (TPSA) is 62.1 Å². The van der Waals surface area contributed by atoms with Crippen LogP contribution in [0.5, 0.6) is 5.75 Å². The molecule has 0 aliphatic rings. The SMILES string of the molecule is CC(Oc1ccc(F)c(Cl)c1)C(=O)Nc1cccc(C#N)c1. The molecule has 0 aliphatic carbocycles. The Morgan fingerprint density at radius 2 is 2.14 bits per heavy atom. The second-order valence-electron chi connectivity index (χ2n) is 4.52. The minimum absolute atomic E-state index is 0.0770. The number of nitrogens with zero attached hydrogens (tertiary/aromatic N) is 1. The zero-order chi connectivity index (χ0) is 16.1. The number of nitriles is 1. The van der Waals surface area contributed by atoms with Crippen LogP contribution in [-0.2, 0) is 4.79 Å². The summed E-state index contributed by atoms with van der Waals surface area (Å²) in [4.78, 5) is 12.0. The molecule has 0 saturated heterocycles. The van der Waals surface area contributed by atoms with Gasteiger partial charge in [-0.1, -0.05) is 17.7 Å². The quantitative estimate of drug-likeness (QED) is 0.933. The fraction of sp³-hybridized carbons (Fsp3) is 0.125. The van der Waals surface area contributed by atoms with Crippen molar-refractivity contribution in [2.45, 2.75) is 13.0 Å². The van der Waals surface area contributed by atoms with Gasteiger partial charge in [0.2, 0.25) is 0 Å². The van der Waals surface area contributed by atoms with Crippen LogP contribution < -0.4 is 10.1 Å².